The minimum absolute atomic E-state index is 0.0358. The maximum absolute atomic E-state index is 13.7. The summed E-state index contributed by atoms with van der Waals surface area (Å²) in [4.78, 5) is 18.0. The van der Waals surface area contributed by atoms with Crippen LogP contribution in [0.15, 0.2) is 46.9 Å². The van der Waals surface area contributed by atoms with Gasteiger partial charge in [-0.2, -0.15) is 0 Å². The molecule has 2 heterocycles. The minimum Gasteiger partial charge on any atom is -0.370 e. The van der Waals surface area contributed by atoms with E-state index in [9.17, 15) is 9.18 Å². The molecular weight excluding hydrogens is 411 g/mol. The van der Waals surface area contributed by atoms with Crippen LogP contribution in [0.4, 0.5) is 4.39 Å². The van der Waals surface area contributed by atoms with Crippen LogP contribution in [0.2, 0.25) is 0 Å². The number of morpholine rings is 1. The summed E-state index contributed by atoms with van der Waals surface area (Å²) in [6, 6.07) is 12.6. The molecule has 1 atom stereocenters. The first-order chi connectivity index (χ1) is 13.0. The Morgan fingerprint density at radius 2 is 2.07 bits per heavy atom. The highest BCUT2D eigenvalue weighted by Gasteiger charge is 2.26. The predicted molar refractivity (Wildman–Crippen MR) is 106 cm³/mol. The minimum atomic E-state index is -0.295. The molecule has 3 aromatic rings. The van der Waals surface area contributed by atoms with E-state index in [0.717, 1.165) is 32.2 Å². The summed E-state index contributed by atoms with van der Waals surface area (Å²) in [5.41, 5.74) is 3.68. The molecule has 1 aliphatic heterocycles. The number of amides is 1. The Bertz CT molecular complexity index is 984. The van der Waals surface area contributed by atoms with E-state index in [1.165, 1.54) is 12.1 Å². The number of aromatic amines is 1. The second kappa shape index (κ2) is 7.44. The molecule has 1 unspecified atom stereocenters. The topological polar surface area (TPSA) is 45.3 Å². The van der Waals surface area contributed by atoms with Crippen LogP contribution in [0.3, 0.4) is 0 Å². The van der Waals surface area contributed by atoms with Gasteiger partial charge in [0.1, 0.15) is 11.9 Å². The molecule has 2 aromatic carbocycles. The number of rotatable bonds is 3. The van der Waals surface area contributed by atoms with E-state index in [-0.39, 0.29) is 24.2 Å². The monoisotopic (exact) mass is 430 g/mol. The Morgan fingerprint density at radius 1 is 1.30 bits per heavy atom. The molecule has 0 saturated carbocycles. The van der Waals surface area contributed by atoms with Gasteiger partial charge in [-0.25, -0.2) is 4.39 Å². The quantitative estimate of drug-likeness (QED) is 0.663. The van der Waals surface area contributed by atoms with Gasteiger partial charge in [0.2, 0.25) is 5.91 Å². The molecule has 27 heavy (non-hydrogen) atoms. The number of fused-ring (bicyclic) bond motifs is 1. The zero-order valence-corrected chi connectivity index (χ0v) is 16.6. The molecule has 4 nitrogen and oxygen atoms in total. The second-order valence-electron chi connectivity index (χ2n) is 6.85. The van der Waals surface area contributed by atoms with Crippen molar-refractivity contribution in [1.29, 1.82) is 0 Å². The van der Waals surface area contributed by atoms with Crippen LogP contribution in [-0.4, -0.2) is 35.5 Å². The van der Waals surface area contributed by atoms with Gasteiger partial charge < -0.3 is 14.6 Å². The third kappa shape index (κ3) is 3.77. The van der Waals surface area contributed by atoms with Crippen molar-refractivity contribution in [3.8, 4) is 0 Å². The molecule has 0 bridgehead atoms. The van der Waals surface area contributed by atoms with Gasteiger partial charge in [-0.1, -0.05) is 28.1 Å². The van der Waals surface area contributed by atoms with Crippen LogP contribution in [0, 0.1) is 12.7 Å². The number of aryl methyl sites for hydroxylation is 1. The summed E-state index contributed by atoms with van der Waals surface area (Å²) in [7, 11) is 0. The molecule has 0 radical (unpaired) electrons. The predicted octanol–water partition coefficient (Wildman–Crippen LogP) is 4.52. The maximum atomic E-state index is 13.7. The number of nitrogens with one attached hydrogen (secondary N) is 1. The van der Waals surface area contributed by atoms with Gasteiger partial charge in [-0.05, 0) is 48.4 Å². The van der Waals surface area contributed by atoms with Crippen molar-refractivity contribution >= 4 is 32.7 Å². The smallest absolute Gasteiger partial charge is 0.227 e. The maximum Gasteiger partial charge on any atom is 0.227 e. The van der Waals surface area contributed by atoms with E-state index in [1.807, 2.05) is 36.1 Å². The standard InChI is InChI=1S/C21H20BrFN2O2/c1-13-17(18-10-16(23)6-7-19(18)24-13)11-21(26)25-8-9-27-20(12-25)14-2-4-15(22)5-3-14/h2-7,10,20,24H,8-9,11-12H2,1H3. The van der Waals surface area contributed by atoms with Crippen LogP contribution in [0.5, 0.6) is 0 Å². The molecule has 1 fully saturated rings. The van der Waals surface area contributed by atoms with Gasteiger partial charge in [-0.15, -0.1) is 0 Å². The number of ether oxygens (including phenoxy) is 1. The fourth-order valence-electron chi connectivity index (χ4n) is 3.60. The fraction of sp³-hybridized carbons (Fsp3) is 0.286. The largest absolute Gasteiger partial charge is 0.370 e. The molecule has 140 valence electrons. The average molecular weight is 431 g/mol. The molecule has 4 rings (SSSR count). The first kappa shape index (κ1) is 18.2. The van der Waals surface area contributed by atoms with Crippen LogP contribution < -0.4 is 0 Å². The van der Waals surface area contributed by atoms with Gasteiger partial charge in [0.15, 0.2) is 0 Å². The molecule has 1 N–H and O–H groups in total. The molecule has 0 aliphatic carbocycles. The van der Waals surface area contributed by atoms with Gasteiger partial charge >= 0.3 is 0 Å². The van der Waals surface area contributed by atoms with E-state index >= 15 is 0 Å². The van der Waals surface area contributed by atoms with Crippen molar-refractivity contribution in [1.82, 2.24) is 9.88 Å². The summed E-state index contributed by atoms with van der Waals surface area (Å²) in [6.45, 7) is 3.52. The van der Waals surface area contributed by atoms with Gasteiger partial charge in [-0.3, -0.25) is 4.79 Å². The number of halogens is 2. The van der Waals surface area contributed by atoms with Gasteiger partial charge in [0.25, 0.3) is 0 Å². The average Bonchev–Trinajstić information content (AvgIpc) is 2.97. The third-order valence-electron chi connectivity index (χ3n) is 5.07. The molecule has 6 heteroatoms. The molecule has 1 amide bonds. The van der Waals surface area contributed by atoms with Crippen molar-refractivity contribution in [2.45, 2.75) is 19.4 Å². The number of hydrogen-bond donors (Lipinski definition) is 1. The summed E-state index contributed by atoms with van der Waals surface area (Å²) in [5.74, 6) is -0.259. The highest BCUT2D eigenvalue weighted by atomic mass is 79.9. The lowest BCUT2D eigenvalue weighted by Gasteiger charge is -2.33. The Hall–Kier alpha value is -2.18. The number of aromatic nitrogens is 1. The van der Waals surface area contributed by atoms with E-state index < -0.39 is 0 Å². The normalized spacial score (nSPS) is 17.4. The SMILES string of the molecule is Cc1[nH]c2ccc(F)cc2c1CC(=O)N1CCOC(c2ccc(Br)cc2)C1. The number of carbonyl (C=O) groups excluding carboxylic acids is 1. The molecule has 0 spiro atoms. The van der Waals surface area contributed by atoms with Crippen molar-refractivity contribution < 1.29 is 13.9 Å². The Balaban J connectivity index is 1.52. The number of benzene rings is 2. The van der Waals surface area contributed by atoms with Crippen molar-refractivity contribution in [2.24, 2.45) is 0 Å². The lowest BCUT2D eigenvalue weighted by Crippen LogP contribution is -2.43. The fourth-order valence-corrected chi connectivity index (χ4v) is 3.86. The van der Waals surface area contributed by atoms with Gasteiger partial charge in [0, 0.05) is 27.6 Å². The van der Waals surface area contributed by atoms with Gasteiger partial charge in [0.05, 0.1) is 19.6 Å². The summed E-state index contributed by atoms with van der Waals surface area (Å²) < 4.78 is 20.5. The van der Waals surface area contributed by atoms with Crippen molar-refractivity contribution in [2.75, 3.05) is 19.7 Å². The summed E-state index contributed by atoms with van der Waals surface area (Å²) in [5, 5.41) is 0.776. The van der Waals surface area contributed by atoms with Crippen LogP contribution in [0.25, 0.3) is 10.9 Å². The Morgan fingerprint density at radius 3 is 2.85 bits per heavy atom. The van der Waals surface area contributed by atoms with Crippen molar-refractivity contribution in [3.05, 3.63) is 69.6 Å². The van der Waals surface area contributed by atoms with Crippen LogP contribution >= 0.6 is 15.9 Å². The zero-order valence-electron chi connectivity index (χ0n) is 15.0. The summed E-state index contributed by atoms with van der Waals surface area (Å²) in [6.07, 6.45) is 0.125. The van der Waals surface area contributed by atoms with E-state index in [1.54, 1.807) is 6.07 Å². The lowest BCUT2D eigenvalue weighted by atomic mass is 10.0. The second-order valence-corrected chi connectivity index (χ2v) is 7.76. The molecule has 1 aromatic heterocycles. The highest BCUT2D eigenvalue weighted by molar-refractivity contribution is 9.10. The molecular formula is C21H20BrFN2O2. The number of hydrogen-bond acceptors (Lipinski definition) is 2. The lowest BCUT2D eigenvalue weighted by molar-refractivity contribution is -0.138. The van der Waals surface area contributed by atoms with Crippen LogP contribution in [-0.2, 0) is 16.0 Å². The number of carbonyl (C=O) groups is 1. The number of H-pyrrole nitrogens is 1. The number of nitrogens with zero attached hydrogens (tertiary/aromatic N) is 1. The first-order valence-corrected chi connectivity index (χ1v) is 9.72. The van der Waals surface area contributed by atoms with E-state index in [0.29, 0.717) is 19.7 Å². The summed E-state index contributed by atoms with van der Waals surface area (Å²) >= 11 is 3.43. The Labute approximate surface area is 165 Å². The highest BCUT2D eigenvalue weighted by Crippen LogP contribution is 2.27. The zero-order chi connectivity index (χ0) is 19.0. The third-order valence-corrected chi connectivity index (χ3v) is 5.60. The molecule has 1 saturated heterocycles. The Kier molecular flexibility index (Phi) is 5.02. The molecule has 1 aliphatic rings. The van der Waals surface area contributed by atoms with Crippen molar-refractivity contribution in [3.63, 3.8) is 0 Å². The van der Waals surface area contributed by atoms with Crippen LogP contribution in [0.1, 0.15) is 22.9 Å². The van der Waals surface area contributed by atoms with E-state index in [2.05, 4.69) is 20.9 Å². The first-order valence-electron chi connectivity index (χ1n) is 8.93. The van der Waals surface area contributed by atoms with E-state index in [4.69, 9.17) is 4.74 Å².